The van der Waals surface area contributed by atoms with Crippen LogP contribution in [0.15, 0.2) is 54.6 Å². The first kappa shape index (κ1) is 21.2. The Hall–Kier alpha value is -3.08. The van der Waals surface area contributed by atoms with Crippen LogP contribution in [0.5, 0.6) is 11.5 Å². The van der Waals surface area contributed by atoms with E-state index in [4.69, 9.17) is 14.2 Å². The van der Waals surface area contributed by atoms with Crippen LogP contribution in [0.1, 0.15) is 42.1 Å². The van der Waals surface area contributed by atoms with Gasteiger partial charge in [0.05, 0.1) is 18.8 Å². The molecule has 0 amide bonds. The van der Waals surface area contributed by atoms with Gasteiger partial charge < -0.3 is 14.2 Å². The molecule has 5 nitrogen and oxygen atoms in total. The van der Waals surface area contributed by atoms with Gasteiger partial charge in [-0.05, 0) is 61.4 Å². The van der Waals surface area contributed by atoms with Crippen LogP contribution < -0.4 is 9.47 Å². The topological polar surface area (TPSA) is 61.8 Å². The molecular weight excluding hydrogens is 356 g/mol. The number of rotatable bonds is 10. The molecule has 0 heterocycles. The lowest BCUT2D eigenvalue weighted by Gasteiger charge is -2.06. The highest BCUT2D eigenvalue weighted by Crippen LogP contribution is 2.18. The van der Waals surface area contributed by atoms with Crippen molar-refractivity contribution in [3.05, 3.63) is 72.7 Å². The van der Waals surface area contributed by atoms with E-state index in [0.717, 1.165) is 30.6 Å². The Kier molecular flexibility index (Phi) is 8.79. The molecule has 28 heavy (non-hydrogen) atoms. The molecule has 2 aromatic rings. The van der Waals surface area contributed by atoms with Crippen molar-refractivity contribution in [2.75, 3.05) is 13.2 Å². The number of unbranched alkanes of at least 4 members (excludes halogenated alkanes) is 2. The molecule has 0 saturated heterocycles. The fourth-order valence-corrected chi connectivity index (χ4v) is 2.37. The molecule has 0 aliphatic heterocycles. The number of esters is 2. The lowest BCUT2D eigenvalue weighted by molar-refractivity contribution is -0.128. The molecule has 5 heteroatoms. The lowest BCUT2D eigenvalue weighted by Crippen LogP contribution is -2.04. The molecule has 2 aromatic carbocycles. The predicted molar refractivity (Wildman–Crippen MR) is 108 cm³/mol. The third-order valence-corrected chi connectivity index (χ3v) is 3.85. The summed E-state index contributed by atoms with van der Waals surface area (Å²) >= 11 is 0. The minimum atomic E-state index is -0.489. The van der Waals surface area contributed by atoms with Crippen molar-refractivity contribution in [2.45, 2.75) is 26.2 Å². The monoisotopic (exact) mass is 381 g/mol. The summed E-state index contributed by atoms with van der Waals surface area (Å²) in [4.78, 5) is 23.5. The van der Waals surface area contributed by atoms with Crippen molar-refractivity contribution >= 4 is 18.0 Å². The smallest absolute Gasteiger partial charge is 0.338 e. The highest BCUT2D eigenvalue weighted by atomic mass is 16.5. The van der Waals surface area contributed by atoms with Crippen LogP contribution in [-0.4, -0.2) is 25.2 Å². The van der Waals surface area contributed by atoms with E-state index >= 15 is 0 Å². The zero-order valence-corrected chi connectivity index (χ0v) is 16.1. The first-order valence-corrected chi connectivity index (χ1v) is 9.31. The normalized spacial score (nSPS) is 10.6. The zero-order valence-electron chi connectivity index (χ0n) is 16.1. The predicted octanol–water partition coefficient (Wildman–Crippen LogP) is 4.87. The summed E-state index contributed by atoms with van der Waals surface area (Å²) in [6, 6.07) is 13.6. The molecular formula is C23H25O5. The number of ether oxygens (including phenoxy) is 3. The Morgan fingerprint density at radius 2 is 1.64 bits per heavy atom. The summed E-state index contributed by atoms with van der Waals surface area (Å²) in [7, 11) is 0. The highest BCUT2D eigenvalue weighted by molar-refractivity contribution is 5.91. The first-order valence-electron chi connectivity index (χ1n) is 9.31. The van der Waals surface area contributed by atoms with E-state index in [9.17, 15) is 9.59 Å². The quantitative estimate of drug-likeness (QED) is 0.254. The molecule has 0 aliphatic rings. The Bertz CT molecular complexity index is 776. The van der Waals surface area contributed by atoms with E-state index in [2.05, 4.69) is 13.8 Å². The molecule has 0 saturated carbocycles. The fraction of sp³-hybridized carbons (Fsp3) is 0.261. The van der Waals surface area contributed by atoms with Gasteiger partial charge in [0.15, 0.2) is 0 Å². The van der Waals surface area contributed by atoms with Crippen molar-refractivity contribution in [3.8, 4) is 11.5 Å². The van der Waals surface area contributed by atoms with Crippen molar-refractivity contribution in [1.82, 2.24) is 0 Å². The Labute approximate surface area is 165 Å². The van der Waals surface area contributed by atoms with Gasteiger partial charge in [-0.15, -0.1) is 0 Å². The number of hydrogen-bond donors (Lipinski definition) is 0. The average molecular weight is 381 g/mol. The Morgan fingerprint density at radius 3 is 2.29 bits per heavy atom. The number of carbonyl (C=O) groups is 2. The number of carbonyl (C=O) groups excluding carboxylic acids is 2. The van der Waals surface area contributed by atoms with Crippen LogP contribution in [0.4, 0.5) is 0 Å². The lowest BCUT2D eigenvalue weighted by atomic mass is 10.1. The number of benzene rings is 2. The Morgan fingerprint density at radius 1 is 0.964 bits per heavy atom. The van der Waals surface area contributed by atoms with Crippen molar-refractivity contribution < 1.29 is 23.8 Å². The van der Waals surface area contributed by atoms with Gasteiger partial charge >= 0.3 is 11.9 Å². The molecule has 0 unspecified atom stereocenters. The van der Waals surface area contributed by atoms with E-state index in [1.165, 1.54) is 6.08 Å². The summed E-state index contributed by atoms with van der Waals surface area (Å²) in [5.41, 5.74) is 1.19. The van der Waals surface area contributed by atoms with E-state index in [0.29, 0.717) is 17.9 Å². The molecule has 2 rings (SSSR count). The molecule has 0 aliphatic carbocycles. The minimum absolute atomic E-state index is 0.0816. The van der Waals surface area contributed by atoms with E-state index in [-0.39, 0.29) is 6.61 Å². The molecule has 0 aromatic heterocycles. The van der Waals surface area contributed by atoms with E-state index in [1.807, 2.05) is 0 Å². The average Bonchev–Trinajstić information content (AvgIpc) is 2.71. The molecule has 0 fully saturated rings. The van der Waals surface area contributed by atoms with Gasteiger partial charge in [0.2, 0.25) is 0 Å². The van der Waals surface area contributed by atoms with E-state index in [1.54, 1.807) is 54.6 Å². The van der Waals surface area contributed by atoms with Crippen molar-refractivity contribution in [1.29, 1.82) is 0 Å². The summed E-state index contributed by atoms with van der Waals surface area (Å²) in [6.07, 6.45) is 6.27. The van der Waals surface area contributed by atoms with Crippen LogP contribution in [0.25, 0.3) is 6.08 Å². The van der Waals surface area contributed by atoms with Gasteiger partial charge in [-0.2, -0.15) is 0 Å². The van der Waals surface area contributed by atoms with Gasteiger partial charge in [-0.25, -0.2) is 9.59 Å². The summed E-state index contributed by atoms with van der Waals surface area (Å²) in [5.74, 6) is 0.283. The SMILES string of the molecule is [CH2]COC(=O)c1ccc(/C=C/C(=O)Oc2ccc(OCCCCC)cc2)cc1. The van der Waals surface area contributed by atoms with Crippen molar-refractivity contribution in [2.24, 2.45) is 0 Å². The second kappa shape index (κ2) is 11.6. The third kappa shape index (κ3) is 7.27. The standard InChI is InChI=1S/C23H25O5/c1-3-5-6-17-27-20-12-14-21(15-13-20)28-22(24)16-9-18-7-10-19(11-8-18)23(25)26-4-2/h7-16H,2-6,17H2,1H3/b16-9+. The summed E-state index contributed by atoms with van der Waals surface area (Å²) in [6.45, 7) is 6.37. The minimum Gasteiger partial charge on any atom is -0.494 e. The van der Waals surface area contributed by atoms with Crippen LogP contribution in [-0.2, 0) is 9.53 Å². The Balaban J connectivity index is 1.83. The van der Waals surface area contributed by atoms with Crippen LogP contribution >= 0.6 is 0 Å². The molecule has 0 spiro atoms. The second-order valence-corrected chi connectivity index (χ2v) is 6.04. The van der Waals surface area contributed by atoms with Gasteiger partial charge in [0.1, 0.15) is 11.5 Å². The third-order valence-electron chi connectivity index (χ3n) is 3.85. The fourth-order valence-electron chi connectivity index (χ4n) is 2.37. The van der Waals surface area contributed by atoms with Crippen LogP contribution in [0.3, 0.4) is 0 Å². The van der Waals surface area contributed by atoms with Gasteiger partial charge in [-0.1, -0.05) is 31.9 Å². The maximum absolute atomic E-state index is 12.0. The van der Waals surface area contributed by atoms with Gasteiger partial charge in [-0.3, -0.25) is 0 Å². The molecule has 1 radical (unpaired) electrons. The maximum Gasteiger partial charge on any atom is 0.338 e. The maximum atomic E-state index is 12.0. The molecule has 0 N–H and O–H groups in total. The van der Waals surface area contributed by atoms with Crippen LogP contribution in [0, 0.1) is 6.92 Å². The summed E-state index contributed by atoms with van der Waals surface area (Å²) in [5, 5.41) is 0. The van der Waals surface area contributed by atoms with Crippen LogP contribution in [0.2, 0.25) is 0 Å². The van der Waals surface area contributed by atoms with E-state index < -0.39 is 11.9 Å². The summed E-state index contributed by atoms with van der Waals surface area (Å²) < 4.78 is 15.7. The highest BCUT2D eigenvalue weighted by Gasteiger charge is 2.05. The second-order valence-electron chi connectivity index (χ2n) is 6.04. The zero-order chi connectivity index (χ0) is 20.2. The molecule has 0 atom stereocenters. The number of hydrogen-bond acceptors (Lipinski definition) is 5. The molecule has 0 bridgehead atoms. The van der Waals surface area contributed by atoms with Crippen molar-refractivity contribution in [3.63, 3.8) is 0 Å². The van der Waals surface area contributed by atoms with Gasteiger partial charge in [0, 0.05) is 6.08 Å². The largest absolute Gasteiger partial charge is 0.494 e. The first-order chi connectivity index (χ1) is 13.6. The van der Waals surface area contributed by atoms with Gasteiger partial charge in [0.25, 0.3) is 0 Å². The molecule has 147 valence electrons.